The molecule has 1 aromatic heterocycles. The van der Waals surface area contributed by atoms with Gasteiger partial charge in [-0.25, -0.2) is 4.68 Å². The first-order valence-corrected chi connectivity index (χ1v) is 6.16. The van der Waals surface area contributed by atoms with Gasteiger partial charge in [-0.2, -0.15) is 5.10 Å². The molecule has 1 aromatic carbocycles. The smallest absolute Gasteiger partial charge is 0.306 e. The molecular weight excluding hydrogens is 242 g/mol. The zero-order chi connectivity index (χ0) is 13.5. The van der Waals surface area contributed by atoms with E-state index in [0.29, 0.717) is 13.0 Å². The summed E-state index contributed by atoms with van der Waals surface area (Å²) in [5, 5.41) is 7.37. The van der Waals surface area contributed by atoms with E-state index in [1.165, 1.54) is 12.7 Å². The molecule has 0 spiro atoms. The summed E-state index contributed by atoms with van der Waals surface area (Å²) in [5.41, 5.74) is 2.20. The molecule has 0 saturated heterocycles. The molecule has 0 aliphatic carbocycles. The first kappa shape index (κ1) is 13.3. The van der Waals surface area contributed by atoms with Gasteiger partial charge in [-0.3, -0.25) is 4.79 Å². The summed E-state index contributed by atoms with van der Waals surface area (Å²) in [6.07, 6.45) is 4.05. The van der Waals surface area contributed by atoms with E-state index in [-0.39, 0.29) is 5.97 Å². The van der Waals surface area contributed by atoms with Crippen LogP contribution in [0.5, 0.6) is 0 Å². The Hall–Kier alpha value is -2.14. The van der Waals surface area contributed by atoms with Gasteiger partial charge in [0.05, 0.1) is 19.2 Å². The van der Waals surface area contributed by atoms with Crippen molar-refractivity contribution < 1.29 is 9.53 Å². The molecule has 1 heterocycles. The lowest BCUT2D eigenvalue weighted by atomic mass is 10.2. The zero-order valence-corrected chi connectivity index (χ0v) is 10.9. The highest BCUT2D eigenvalue weighted by Gasteiger charge is 2.00. The van der Waals surface area contributed by atoms with E-state index in [4.69, 9.17) is 0 Å². The minimum atomic E-state index is -0.193. The van der Waals surface area contributed by atoms with Gasteiger partial charge in [-0.15, -0.1) is 0 Å². The molecule has 19 heavy (non-hydrogen) atoms. The summed E-state index contributed by atoms with van der Waals surface area (Å²) in [6.45, 7) is 1.35. The number of aromatic nitrogens is 2. The molecule has 0 bridgehead atoms. The maximum atomic E-state index is 10.9. The number of nitrogens with zero attached hydrogens (tertiary/aromatic N) is 2. The molecule has 2 rings (SSSR count). The predicted octanol–water partition coefficient (Wildman–Crippen LogP) is 1.52. The molecular formula is C14H17N3O2. The normalized spacial score (nSPS) is 10.4. The Morgan fingerprint density at radius 2 is 2.16 bits per heavy atom. The first-order chi connectivity index (χ1) is 9.29. The molecule has 100 valence electrons. The highest BCUT2D eigenvalue weighted by atomic mass is 16.5. The fourth-order valence-corrected chi connectivity index (χ4v) is 1.71. The van der Waals surface area contributed by atoms with Crippen LogP contribution < -0.4 is 5.32 Å². The van der Waals surface area contributed by atoms with Crippen LogP contribution in [0.1, 0.15) is 12.0 Å². The van der Waals surface area contributed by atoms with Crippen molar-refractivity contribution >= 4 is 5.97 Å². The number of esters is 1. The summed E-state index contributed by atoms with van der Waals surface area (Å²) in [7, 11) is 1.40. The van der Waals surface area contributed by atoms with E-state index in [0.717, 1.165) is 12.2 Å². The van der Waals surface area contributed by atoms with Crippen LogP contribution in [0.2, 0.25) is 0 Å². The Balaban J connectivity index is 1.81. The van der Waals surface area contributed by atoms with Crippen LogP contribution in [-0.2, 0) is 16.1 Å². The van der Waals surface area contributed by atoms with Crippen molar-refractivity contribution in [2.24, 2.45) is 0 Å². The second-order valence-corrected chi connectivity index (χ2v) is 4.12. The highest BCUT2D eigenvalue weighted by molar-refractivity contribution is 5.69. The van der Waals surface area contributed by atoms with Crippen LogP contribution in [0.15, 0.2) is 42.7 Å². The monoisotopic (exact) mass is 259 g/mol. The Bertz CT molecular complexity index is 506. The van der Waals surface area contributed by atoms with Crippen molar-refractivity contribution in [2.75, 3.05) is 13.7 Å². The Kier molecular flexibility index (Phi) is 4.69. The van der Waals surface area contributed by atoms with Gasteiger partial charge in [0.1, 0.15) is 0 Å². The number of hydrogen-bond donors (Lipinski definition) is 1. The predicted molar refractivity (Wildman–Crippen MR) is 71.9 cm³/mol. The summed E-state index contributed by atoms with van der Waals surface area (Å²) in [5.74, 6) is -0.193. The van der Waals surface area contributed by atoms with Gasteiger partial charge in [0.25, 0.3) is 0 Å². The topological polar surface area (TPSA) is 56.1 Å². The van der Waals surface area contributed by atoms with Crippen molar-refractivity contribution in [3.05, 3.63) is 48.3 Å². The van der Waals surface area contributed by atoms with Crippen LogP contribution in [0.3, 0.4) is 0 Å². The molecule has 0 unspecified atom stereocenters. The number of hydrogen-bond acceptors (Lipinski definition) is 4. The van der Waals surface area contributed by atoms with Crippen LogP contribution in [-0.4, -0.2) is 29.4 Å². The van der Waals surface area contributed by atoms with Crippen molar-refractivity contribution in [2.45, 2.75) is 13.0 Å². The fourth-order valence-electron chi connectivity index (χ4n) is 1.71. The molecule has 0 saturated carbocycles. The summed E-state index contributed by atoms with van der Waals surface area (Å²) < 4.78 is 6.38. The van der Waals surface area contributed by atoms with Gasteiger partial charge in [0, 0.05) is 25.5 Å². The fraction of sp³-hybridized carbons (Fsp3) is 0.286. The lowest BCUT2D eigenvalue weighted by Gasteiger charge is -2.06. The maximum absolute atomic E-state index is 10.9. The summed E-state index contributed by atoms with van der Waals surface area (Å²) in [6, 6.07) is 10.0. The molecule has 2 aromatic rings. The maximum Gasteiger partial charge on any atom is 0.306 e. The molecule has 5 nitrogen and oxygen atoms in total. The van der Waals surface area contributed by atoms with Crippen molar-refractivity contribution in [3.8, 4) is 5.69 Å². The SMILES string of the molecule is COC(=O)CCNCc1ccc(-n2cccn2)cc1. The number of benzene rings is 1. The number of carbonyl (C=O) groups excluding carboxylic acids is 1. The summed E-state index contributed by atoms with van der Waals surface area (Å²) >= 11 is 0. The van der Waals surface area contributed by atoms with Crippen LogP contribution in [0.25, 0.3) is 5.69 Å². The van der Waals surface area contributed by atoms with Crippen LogP contribution in [0.4, 0.5) is 0 Å². The Morgan fingerprint density at radius 3 is 2.79 bits per heavy atom. The van der Waals surface area contributed by atoms with Gasteiger partial charge in [0.2, 0.25) is 0 Å². The van der Waals surface area contributed by atoms with Gasteiger partial charge >= 0.3 is 5.97 Å². The average molecular weight is 259 g/mol. The van der Waals surface area contributed by atoms with Crippen molar-refractivity contribution in [3.63, 3.8) is 0 Å². The van der Waals surface area contributed by atoms with E-state index >= 15 is 0 Å². The molecule has 0 atom stereocenters. The molecule has 0 amide bonds. The minimum Gasteiger partial charge on any atom is -0.469 e. The Morgan fingerprint density at radius 1 is 1.37 bits per heavy atom. The Labute approximate surface area is 112 Å². The number of ether oxygens (including phenoxy) is 1. The van der Waals surface area contributed by atoms with Crippen molar-refractivity contribution in [1.82, 2.24) is 15.1 Å². The minimum absolute atomic E-state index is 0.193. The first-order valence-electron chi connectivity index (χ1n) is 6.16. The van der Waals surface area contributed by atoms with Crippen molar-refractivity contribution in [1.29, 1.82) is 0 Å². The van der Waals surface area contributed by atoms with E-state index in [2.05, 4.69) is 15.2 Å². The molecule has 5 heteroatoms. The van der Waals surface area contributed by atoms with Crippen LogP contribution in [0, 0.1) is 0 Å². The van der Waals surface area contributed by atoms with Gasteiger partial charge < -0.3 is 10.1 Å². The second-order valence-electron chi connectivity index (χ2n) is 4.12. The molecule has 1 N–H and O–H groups in total. The van der Waals surface area contributed by atoms with E-state index in [1.807, 2.05) is 41.2 Å². The lowest BCUT2D eigenvalue weighted by molar-refractivity contribution is -0.140. The van der Waals surface area contributed by atoms with Crippen LogP contribution >= 0.6 is 0 Å². The highest BCUT2D eigenvalue weighted by Crippen LogP contribution is 2.08. The number of nitrogens with one attached hydrogen (secondary N) is 1. The number of methoxy groups -OCH3 is 1. The average Bonchev–Trinajstić information content (AvgIpc) is 2.98. The number of carbonyl (C=O) groups is 1. The lowest BCUT2D eigenvalue weighted by Crippen LogP contribution is -2.18. The zero-order valence-electron chi connectivity index (χ0n) is 10.9. The molecule has 0 radical (unpaired) electrons. The van der Waals surface area contributed by atoms with Gasteiger partial charge in [-0.1, -0.05) is 12.1 Å². The summed E-state index contributed by atoms with van der Waals surface area (Å²) in [4.78, 5) is 10.9. The molecule has 0 aliphatic rings. The largest absolute Gasteiger partial charge is 0.469 e. The third kappa shape index (κ3) is 3.93. The van der Waals surface area contributed by atoms with E-state index < -0.39 is 0 Å². The van der Waals surface area contributed by atoms with Gasteiger partial charge in [-0.05, 0) is 23.8 Å². The van der Waals surface area contributed by atoms with Gasteiger partial charge in [0.15, 0.2) is 0 Å². The molecule has 0 aliphatic heterocycles. The standard InChI is InChI=1S/C14H17N3O2/c1-19-14(18)7-9-15-11-12-3-5-13(6-4-12)17-10-2-8-16-17/h2-6,8,10,15H,7,9,11H2,1H3. The van der Waals surface area contributed by atoms with E-state index in [9.17, 15) is 4.79 Å². The number of rotatable bonds is 6. The van der Waals surface area contributed by atoms with E-state index in [1.54, 1.807) is 6.20 Å². The quantitative estimate of drug-likeness (QED) is 0.631. The second kappa shape index (κ2) is 6.70. The molecule has 0 fully saturated rings. The third-order valence-corrected chi connectivity index (χ3v) is 2.77. The third-order valence-electron chi connectivity index (χ3n) is 2.77.